The van der Waals surface area contributed by atoms with Crippen LogP contribution in [0.3, 0.4) is 0 Å². The van der Waals surface area contributed by atoms with Crippen LogP contribution in [-0.2, 0) is 14.3 Å². The maximum atomic E-state index is 14.1. The average Bonchev–Trinajstić information content (AvgIpc) is 2.95. The molecule has 5 aliphatic carbocycles. The van der Waals surface area contributed by atoms with Gasteiger partial charge in [0.1, 0.15) is 30.5 Å². The third kappa shape index (κ3) is 4.47. The monoisotopic (exact) mass is 630 g/mol. The number of Topliss-reactive ketones (excluding diaryl/α,β-unsaturated/α-hetero) is 1. The number of ether oxygens (including phenoxy) is 1. The molecule has 8 heteroatoms. The van der Waals surface area contributed by atoms with E-state index in [2.05, 4.69) is 54.5 Å². The van der Waals surface area contributed by atoms with Crippen LogP contribution in [0.1, 0.15) is 113 Å². The van der Waals surface area contributed by atoms with Crippen LogP contribution >= 0.6 is 0 Å². The van der Waals surface area contributed by atoms with Crippen molar-refractivity contribution >= 4 is 11.8 Å². The van der Waals surface area contributed by atoms with Crippen molar-refractivity contribution < 1.29 is 39.9 Å². The molecule has 13 atom stereocenters. The molecule has 0 aromatic carbocycles. The van der Waals surface area contributed by atoms with Gasteiger partial charge >= 0.3 is 5.97 Å². The second-order valence-electron chi connectivity index (χ2n) is 18.2. The van der Waals surface area contributed by atoms with Crippen LogP contribution in [0.2, 0.25) is 0 Å². The predicted molar refractivity (Wildman–Crippen MR) is 169 cm³/mol. The molecule has 0 amide bonds. The molecule has 254 valence electrons. The summed E-state index contributed by atoms with van der Waals surface area (Å²) in [5.74, 6) is -0.523. The maximum absolute atomic E-state index is 14.1. The molecule has 0 aromatic rings. The first-order chi connectivity index (χ1) is 20.8. The summed E-state index contributed by atoms with van der Waals surface area (Å²) in [6, 6.07) is 0. The van der Waals surface area contributed by atoms with Gasteiger partial charge in [-0.25, -0.2) is 0 Å². The molecule has 0 spiro atoms. The number of hydrogen-bond donors (Lipinski definition) is 5. The fraction of sp³-hybridized carbons (Fsp3) is 0.892. The molecular weight excluding hydrogens is 572 g/mol. The van der Waals surface area contributed by atoms with Gasteiger partial charge in [0.25, 0.3) is 0 Å². The van der Waals surface area contributed by atoms with Crippen LogP contribution in [-0.4, -0.2) is 74.4 Å². The Morgan fingerprint density at radius 3 is 2.16 bits per heavy atom. The van der Waals surface area contributed by atoms with E-state index in [9.17, 15) is 35.1 Å². The van der Waals surface area contributed by atoms with Crippen LogP contribution in [0.4, 0.5) is 0 Å². The first-order valence-electron chi connectivity index (χ1n) is 17.6. The Balaban J connectivity index is 1.31. The highest BCUT2D eigenvalue weighted by molar-refractivity contribution is 5.87. The number of aliphatic hydroxyl groups is 4. The Kier molecular flexibility index (Phi) is 7.90. The normalized spacial score (nSPS) is 51.9. The van der Waals surface area contributed by atoms with Gasteiger partial charge in [-0.15, -0.1) is 0 Å². The molecule has 8 nitrogen and oxygen atoms in total. The van der Waals surface area contributed by atoms with Crippen LogP contribution in [0.5, 0.6) is 0 Å². The van der Waals surface area contributed by atoms with Crippen LogP contribution in [0.15, 0.2) is 11.6 Å². The summed E-state index contributed by atoms with van der Waals surface area (Å²) in [4.78, 5) is 27.1. The number of carboxylic acids is 1. The van der Waals surface area contributed by atoms with Crippen molar-refractivity contribution in [2.45, 2.75) is 143 Å². The minimum atomic E-state index is -1.56. The van der Waals surface area contributed by atoms with Crippen molar-refractivity contribution in [3.8, 4) is 0 Å². The minimum Gasteiger partial charge on any atom is -0.481 e. The summed E-state index contributed by atoms with van der Waals surface area (Å²) in [7, 11) is 0. The molecule has 0 radical (unpaired) electrons. The van der Waals surface area contributed by atoms with E-state index in [0.29, 0.717) is 12.3 Å². The van der Waals surface area contributed by atoms with Crippen molar-refractivity contribution in [2.75, 3.05) is 6.61 Å². The molecular formula is C37H58O8. The molecule has 1 heterocycles. The highest BCUT2D eigenvalue weighted by Gasteiger charge is 2.70. The quantitative estimate of drug-likeness (QED) is 0.276. The van der Waals surface area contributed by atoms with Crippen molar-refractivity contribution in [2.24, 2.45) is 56.2 Å². The SMILES string of the molecule is CC1(C)CC[C@]2(C(=O)O)CC[C@]3(C)C(=CCC4[C@@]5(C)CC[C@H](C(=O)[C@H]6OC(CO)[C@@H](O)C(O)[C@H]6O)C(C)(C)C5CC[C@]43C)C2C1. The molecule has 0 aromatic heterocycles. The number of aliphatic carboxylic acids is 1. The Morgan fingerprint density at radius 2 is 1.51 bits per heavy atom. The van der Waals surface area contributed by atoms with Crippen molar-refractivity contribution in [3.63, 3.8) is 0 Å². The van der Waals surface area contributed by atoms with Gasteiger partial charge in [0.2, 0.25) is 0 Å². The lowest BCUT2D eigenvalue weighted by molar-refractivity contribution is -0.233. The summed E-state index contributed by atoms with van der Waals surface area (Å²) in [6.45, 7) is 15.8. The third-order valence-corrected chi connectivity index (χ3v) is 15.6. The summed E-state index contributed by atoms with van der Waals surface area (Å²) in [5, 5.41) is 51.8. The standard InChI is InChI=1S/C37H58O8/c1-32(2)14-16-37(31(43)44)17-15-35(6)20(22(37)18-32)8-9-25-34(5)12-10-21(33(3,4)24(34)11-13-36(25,35)7)26(39)30-29(42)28(41)27(40)23(19-38)45-30/h8,21-25,27-30,38,40-42H,9-19H2,1-7H3,(H,43,44)/t21-,22?,23?,24?,25?,27-,28?,29-,30-,34+,35-,36-,37+/m1/s1. The van der Waals surface area contributed by atoms with Crippen molar-refractivity contribution in [1.82, 2.24) is 0 Å². The number of hydrogen-bond acceptors (Lipinski definition) is 7. The lowest BCUT2D eigenvalue weighted by Gasteiger charge is -2.71. The Hall–Kier alpha value is -1.32. The maximum Gasteiger partial charge on any atom is 0.310 e. The smallest absolute Gasteiger partial charge is 0.310 e. The number of carboxylic acid groups (broad SMARTS) is 1. The topological polar surface area (TPSA) is 145 Å². The zero-order valence-electron chi connectivity index (χ0n) is 28.5. The van der Waals surface area contributed by atoms with Gasteiger partial charge in [-0.2, -0.15) is 0 Å². The highest BCUT2D eigenvalue weighted by atomic mass is 16.5. The lowest BCUT2D eigenvalue weighted by atomic mass is 9.33. The number of fused-ring (bicyclic) bond motifs is 7. The van der Waals surface area contributed by atoms with E-state index in [1.807, 2.05) is 0 Å². The Labute approximate surface area is 269 Å². The second-order valence-corrected chi connectivity index (χ2v) is 18.2. The fourth-order valence-electron chi connectivity index (χ4n) is 12.7. The largest absolute Gasteiger partial charge is 0.481 e. The van der Waals surface area contributed by atoms with E-state index in [-0.39, 0.29) is 45.2 Å². The average molecular weight is 631 g/mol. The zero-order valence-corrected chi connectivity index (χ0v) is 28.5. The van der Waals surface area contributed by atoms with E-state index in [1.165, 1.54) is 5.57 Å². The van der Waals surface area contributed by atoms with Gasteiger partial charge in [-0.05, 0) is 109 Å². The van der Waals surface area contributed by atoms with Crippen LogP contribution in [0, 0.1) is 56.2 Å². The first-order valence-corrected chi connectivity index (χ1v) is 17.6. The Bertz CT molecular complexity index is 1250. The molecule has 6 rings (SSSR count). The molecule has 0 bridgehead atoms. The fourth-order valence-corrected chi connectivity index (χ4v) is 12.7. The van der Waals surface area contributed by atoms with E-state index < -0.39 is 53.9 Å². The summed E-state index contributed by atoms with van der Waals surface area (Å²) >= 11 is 0. The van der Waals surface area contributed by atoms with Gasteiger partial charge < -0.3 is 30.3 Å². The van der Waals surface area contributed by atoms with Crippen LogP contribution < -0.4 is 0 Å². The molecule has 6 aliphatic rings. The van der Waals surface area contributed by atoms with E-state index in [0.717, 1.165) is 57.8 Å². The summed E-state index contributed by atoms with van der Waals surface area (Å²) in [5.41, 5.74) is 0.396. The minimum absolute atomic E-state index is 0.0127. The van der Waals surface area contributed by atoms with Gasteiger partial charge in [-0.1, -0.05) is 60.1 Å². The molecule has 5 unspecified atom stereocenters. The number of carbonyl (C=O) groups excluding carboxylic acids is 1. The van der Waals surface area contributed by atoms with E-state index in [1.54, 1.807) is 0 Å². The number of aliphatic hydroxyl groups excluding tert-OH is 4. The highest BCUT2D eigenvalue weighted by Crippen LogP contribution is 2.76. The molecule has 5 N–H and O–H groups in total. The summed E-state index contributed by atoms with van der Waals surface area (Å²) in [6.07, 6.45) is 4.19. The molecule has 5 fully saturated rings. The number of carbonyl (C=O) groups is 2. The molecule has 45 heavy (non-hydrogen) atoms. The lowest BCUT2D eigenvalue weighted by Crippen LogP contribution is -2.66. The van der Waals surface area contributed by atoms with Crippen molar-refractivity contribution in [1.29, 1.82) is 0 Å². The zero-order chi connectivity index (χ0) is 33.1. The summed E-state index contributed by atoms with van der Waals surface area (Å²) < 4.78 is 5.75. The van der Waals surface area contributed by atoms with Crippen molar-refractivity contribution in [3.05, 3.63) is 11.6 Å². The Morgan fingerprint density at radius 1 is 0.844 bits per heavy atom. The van der Waals surface area contributed by atoms with Gasteiger partial charge in [0.15, 0.2) is 5.78 Å². The van der Waals surface area contributed by atoms with E-state index >= 15 is 0 Å². The second kappa shape index (κ2) is 10.6. The van der Waals surface area contributed by atoms with E-state index in [4.69, 9.17) is 4.74 Å². The number of allylic oxidation sites excluding steroid dienone is 2. The molecule has 1 aliphatic heterocycles. The number of ketones is 1. The third-order valence-electron chi connectivity index (χ3n) is 15.6. The number of rotatable bonds is 4. The van der Waals surface area contributed by atoms with Gasteiger partial charge in [0.05, 0.1) is 12.0 Å². The van der Waals surface area contributed by atoms with Gasteiger partial charge in [0, 0.05) is 5.92 Å². The van der Waals surface area contributed by atoms with Gasteiger partial charge in [-0.3, -0.25) is 9.59 Å². The molecule has 4 saturated carbocycles. The molecule has 1 saturated heterocycles. The van der Waals surface area contributed by atoms with Crippen LogP contribution in [0.25, 0.3) is 0 Å². The first kappa shape index (κ1) is 33.6. The predicted octanol–water partition coefficient (Wildman–Crippen LogP) is 4.90.